The molecule has 4 nitrogen and oxygen atoms in total. The molecule has 0 radical (unpaired) electrons. The van der Waals surface area contributed by atoms with Gasteiger partial charge >= 0.3 is 12.4 Å². The number of benzene rings is 2. The van der Waals surface area contributed by atoms with Crippen molar-refractivity contribution in [2.45, 2.75) is 54.2 Å². The van der Waals surface area contributed by atoms with Crippen molar-refractivity contribution in [3.63, 3.8) is 0 Å². The zero-order chi connectivity index (χ0) is 24.6. The quantitative estimate of drug-likeness (QED) is 0.578. The number of hydrogen-bond acceptors (Lipinski definition) is 3. The van der Waals surface area contributed by atoms with Crippen molar-refractivity contribution in [3.05, 3.63) is 65.0 Å². The van der Waals surface area contributed by atoms with E-state index in [9.17, 15) is 43.9 Å². The molecule has 1 aliphatic carbocycles. The highest BCUT2D eigenvalue weighted by atomic mass is 32.2. The van der Waals surface area contributed by atoms with Crippen LogP contribution < -0.4 is 5.32 Å². The maximum Gasteiger partial charge on any atom is 0.419 e. The smallest absolute Gasteiger partial charge is 0.349 e. The molecule has 0 aromatic heterocycles. The lowest BCUT2D eigenvalue weighted by molar-refractivity contribution is -0.140. The highest BCUT2D eigenvalue weighted by Crippen LogP contribution is 2.34. The minimum absolute atomic E-state index is 0.0424. The first-order valence-electron chi connectivity index (χ1n) is 9.78. The van der Waals surface area contributed by atoms with Gasteiger partial charge in [-0.2, -0.15) is 26.3 Å². The lowest BCUT2D eigenvalue weighted by Crippen LogP contribution is -2.40. The fourth-order valence-electron chi connectivity index (χ4n) is 3.71. The van der Waals surface area contributed by atoms with Gasteiger partial charge in [0, 0.05) is 11.6 Å². The fourth-order valence-corrected chi connectivity index (χ4v) is 5.55. The Morgan fingerprint density at radius 1 is 0.879 bits per heavy atom. The van der Waals surface area contributed by atoms with Crippen LogP contribution >= 0.6 is 0 Å². The van der Waals surface area contributed by atoms with E-state index < -0.39 is 66.8 Å². The van der Waals surface area contributed by atoms with Crippen molar-refractivity contribution in [3.8, 4) is 0 Å². The highest BCUT2D eigenvalue weighted by molar-refractivity contribution is 7.92. The Hall–Kier alpha value is -2.63. The molecule has 1 amide bonds. The third kappa shape index (κ3) is 5.66. The fraction of sp³-hybridized carbons (Fsp3) is 0.381. The topological polar surface area (TPSA) is 63.2 Å². The molecule has 180 valence electrons. The molecule has 0 aliphatic heterocycles. The monoisotopic (exact) mass is 497 g/mol. The van der Waals surface area contributed by atoms with Crippen LogP contribution in [0.1, 0.15) is 47.2 Å². The summed E-state index contributed by atoms with van der Waals surface area (Å²) in [5.74, 6) is -2.39. The first-order chi connectivity index (χ1) is 15.2. The van der Waals surface area contributed by atoms with Gasteiger partial charge in [-0.15, -0.1) is 0 Å². The molecule has 1 fully saturated rings. The van der Waals surface area contributed by atoms with Gasteiger partial charge in [0.15, 0.2) is 9.84 Å². The van der Waals surface area contributed by atoms with Crippen molar-refractivity contribution >= 4 is 15.7 Å². The van der Waals surface area contributed by atoms with Gasteiger partial charge in [-0.25, -0.2) is 12.8 Å². The van der Waals surface area contributed by atoms with E-state index in [1.165, 1.54) is 0 Å². The molecule has 1 saturated carbocycles. The maximum absolute atomic E-state index is 13.4. The minimum atomic E-state index is -4.98. The van der Waals surface area contributed by atoms with Crippen LogP contribution in [0.5, 0.6) is 0 Å². The summed E-state index contributed by atoms with van der Waals surface area (Å²) in [5, 5.41) is 1.54. The molecule has 0 saturated heterocycles. The molecule has 12 heteroatoms. The van der Waals surface area contributed by atoms with Crippen molar-refractivity contribution in [2.24, 2.45) is 0 Å². The van der Waals surface area contributed by atoms with Crippen LogP contribution in [0.3, 0.4) is 0 Å². The van der Waals surface area contributed by atoms with Gasteiger partial charge < -0.3 is 5.32 Å². The Morgan fingerprint density at radius 3 is 2.09 bits per heavy atom. The van der Waals surface area contributed by atoms with Gasteiger partial charge in [-0.05, 0) is 62.1 Å². The van der Waals surface area contributed by atoms with Gasteiger partial charge in [-0.3, -0.25) is 4.79 Å². The summed E-state index contributed by atoms with van der Waals surface area (Å²) in [6, 6.07) is 4.74. The maximum atomic E-state index is 13.4. The van der Waals surface area contributed by atoms with Crippen molar-refractivity contribution in [1.82, 2.24) is 5.32 Å². The number of amides is 1. The molecule has 0 atom stereocenters. The van der Waals surface area contributed by atoms with Gasteiger partial charge in [0.1, 0.15) is 5.82 Å². The number of hydrogen-bond donors (Lipinski definition) is 1. The molecule has 1 aliphatic rings. The van der Waals surface area contributed by atoms with Crippen LogP contribution in [0.15, 0.2) is 47.4 Å². The number of carbonyl (C=O) groups excluding carboxylic acids is 1. The number of halogens is 7. The van der Waals surface area contributed by atoms with Crippen molar-refractivity contribution < 1.29 is 43.9 Å². The van der Waals surface area contributed by atoms with Crippen LogP contribution in [0.2, 0.25) is 0 Å². The highest BCUT2D eigenvalue weighted by Gasteiger charge is 2.37. The Kier molecular flexibility index (Phi) is 6.79. The van der Waals surface area contributed by atoms with E-state index in [1.54, 1.807) is 0 Å². The first kappa shape index (κ1) is 25.0. The van der Waals surface area contributed by atoms with Crippen molar-refractivity contribution in [1.29, 1.82) is 0 Å². The van der Waals surface area contributed by atoms with Crippen LogP contribution in [0.4, 0.5) is 30.7 Å². The Labute approximate surface area is 184 Å². The van der Waals surface area contributed by atoms with Crippen LogP contribution in [0, 0.1) is 5.82 Å². The van der Waals surface area contributed by atoms with Gasteiger partial charge in [0.05, 0.1) is 21.3 Å². The predicted molar refractivity (Wildman–Crippen MR) is 104 cm³/mol. The number of rotatable bonds is 4. The van der Waals surface area contributed by atoms with Crippen LogP contribution in [-0.2, 0) is 22.2 Å². The molecule has 0 spiro atoms. The second-order valence-electron chi connectivity index (χ2n) is 7.71. The molecule has 0 bridgehead atoms. The predicted octanol–water partition coefficient (Wildman–Crippen LogP) is 5.38. The van der Waals surface area contributed by atoms with Crippen LogP contribution in [0.25, 0.3) is 0 Å². The lowest BCUT2D eigenvalue weighted by atomic mass is 9.94. The minimum Gasteiger partial charge on any atom is -0.349 e. The van der Waals surface area contributed by atoms with E-state index in [0.29, 0.717) is 18.2 Å². The Morgan fingerprint density at radius 2 is 1.52 bits per heavy atom. The molecular formula is C21H18F7NO3S. The largest absolute Gasteiger partial charge is 0.419 e. The zero-order valence-electron chi connectivity index (χ0n) is 16.8. The molecule has 33 heavy (non-hydrogen) atoms. The molecule has 0 heterocycles. The molecule has 1 N–H and O–H groups in total. The number of alkyl halides is 6. The van der Waals surface area contributed by atoms with Gasteiger partial charge in [-0.1, -0.05) is 6.07 Å². The van der Waals surface area contributed by atoms with Crippen molar-refractivity contribution in [2.75, 3.05) is 0 Å². The molecular weight excluding hydrogens is 479 g/mol. The average Bonchev–Trinajstić information content (AvgIpc) is 2.73. The van der Waals surface area contributed by atoms with Gasteiger partial charge in [0.25, 0.3) is 5.91 Å². The second-order valence-corrected chi connectivity index (χ2v) is 9.94. The van der Waals surface area contributed by atoms with E-state index in [2.05, 4.69) is 5.32 Å². The summed E-state index contributed by atoms with van der Waals surface area (Å²) in [6.07, 6.45) is -9.28. The van der Waals surface area contributed by atoms with E-state index >= 15 is 0 Å². The van der Waals surface area contributed by atoms with E-state index in [1.807, 2.05) is 0 Å². The van der Waals surface area contributed by atoms with E-state index in [-0.39, 0.29) is 25.7 Å². The summed E-state index contributed by atoms with van der Waals surface area (Å²) in [5.41, 5.74) is -3.06. The number of nitrogens with one attached hydrogen (secondary N) is 1. The third-order valence-corrected chi connectivity index (χ3v) is 7.73. The van der Waals surface area contributed by atoms with Crippen LogP contribution in [-0.4, -0.2) is 25.6 Å². The zero-order valence-corrected chi connectivity index (χ0v) is 17.6. The summed E-state index contributed by atoms with van der Waals surface area (Å²) in [7, 11) is -4.06. The summed E-state index contributed by atoms with van der Waals surface area (Å²) < 4.78 is 116. The van der Waals surface area contributed by atoms with Gasteiger partial charge in [0.2, 0.25) is 0 Å². The van der Waals surface area contributed by atoms with E-state index in [0.717, 1.165) is 24.3 Å². The summed E-state index contributed by atoms with van der Waals surface area (Å²) >= 11 is 0. The third-order valence-electron chi connectivity index (χ3n) is 5.47. The standard InChI is InChI=1S/C21H18F7NO3S/c22-18-9-4-12(10-17(18)21(26,27)28)19(30)29-14-5-7-15(8-6-14)33(31,32)16-3-1-2-13(11-16)20(23,24)25/h1-4,9-11,14-15H,5-8H2,(H,29,30)/t14-,15-. The first-order valence-corrected chi connectivity index (χ1v) is 11.3. The molecule has 2 aromatic carbocycles. The number of sulfone groups is 1. The SMILES string of the molecule is O=C(N[C@H]1CC[C@H](S(=O)(=O)c2cccc(C(F)(F)F)c2)CC1)c1ccc(F)c(C(F)(F)F)c1. The Bertz CT molecular complexity index is 1140. The molecule has 3 rings (SSSR count). The number of carbonyl (C=O) groups is 1. The molecule has 2 aromatic rings. The normalized spacial score (nSPS) is 19.8. The second kappa shape index (κ2) is 8.96. The average molecular weight is 497 g/mol. The lowest BCUT2D eigenvalue weighted by Gasteiger charge is -2.29. The molecule has 0 unspecified atom stereocenters. The summed E-state index contributed by atoms with van der Waals surface area (Å²) in [6.45, 7) is 0. The van der Waals surface area contributed by atoms with E-state index in [4.69, 9.17) is 0 Å². The summed E-state index contributed by atoms with van der Waals surface area (Å²) in [4.78, 5) is 11.9. The Balaban J connectivity index is 1.66.